The van der Waals surface area contributed by atoms with Gasteiger partial charge in [0.1, 0.15) is 0 Å². The normalized spacial score (nSPS) is 10.2. The van der Waals surface area contributed by atoms with E-state index >= 15 is 0 Å². The number of hydrogen-bond acceptors (Lipinski definition) is 3. The number of aryl methyl sites for hydroxylation is 1. The molecule has 4 heteroatoms. The lowest BCUT2D eigenvalue weighted by molar-refractivity contribution is 0.971. The van der Waals surface area contributed by atoms with Gasteiger partial charge >= 0.3 is 0 Å². The van der Waals surface area contributed by atoms with E-state index in [4.69, 9.17) is 11.6 Å². The zero-order valence-electron chi connectivity index (χ0n) is 9.65. The third-order valence-electron chi connectivity index (χ3n) is 2.58. The molecule has 0 radical (unpaired) electrons. The Morgan fingerprint density at radius 1 is 1.29 bits per heavy atom. The Hall–Kier alpha value is -1.61. The Bertz CT molecular complexity index is 500. The van der Waals surface area contributed by atoms with Gasteiger partial charge in [0.25, 0.3) is 0 Å². The van der Waals surface area contributed by atoms with Crippen LogP contribution in [0.1, 0.15) is 18.2 Å². The molecule has 2 heterocycles. The monoisotopic (exact) mass is 247 g/mol. The van der Waals surface area contributed by atoms with E-state index in [1.165, 1.54) is 5.56 Å². The first-order valence-corrected chi connectivity index (χ1v) is 5.95. The first-order chi connectivity index (χ1) is 8.31. The van der Waals surface area contributed by atoms with E-state index in [1.54, 1.807) is 12.4 Å². The molecule has 0 bridgehead atoms. The average Bonchev–Trinajstić information content (AvgIpc) is 2.38. The summed E-state index contributed by atoms with van der Waals surface area (Å²) in [6.45, 7) is 2.80. The van der Waals surface area contributed by atoms with Gasteiger partial charge in [0.2, 0.25) is 0 Å². The zero-order chi connectivity index (χ0) is 12.1. The van der Waals surface area contributed by atoms with Gasteiger partial charge in [0.05, 0.1) is 22.9 Å². The first kappa shape index (κ1) is 11.9. The van der Waals surface area contributed by atoms with Crippen LogP contribution in [-0.2, 0) is 13.0 Å². The standard InChI is InChI=1S/C13H14ClN3/c1-2-10-4-3-6-16-13(10)9-17-12-5-7-15-8-11(12)14/h3-8H,2,9H2,1H3,(H,15,17). The van der Waals surface area contributed by atoms with Gasteiger partial charge in [-0.25, -0.2) is 0 Å². The molecule has 0 aliphatic carbocycles. The van der Waals surface area contributed by atoms with E-state index in [9.17, 15) is 0 Å². The summed E-state index contributed by atoms with van der Waals surface area (Å²) in [5.74, 6) is 0. The SMILES string of the molecule is CCc1cccnc1CNc1ccncc1Cl. The molecule has 0 saturated carbocycles. The van der Waals surface area contributed by atoms with Crippen molar-refractivity contribution in [1.29, 1.82) is 0 Å². The molecule has 88 valence electrons. The number of rotatable bonds is 4. The quantitative estimate of drug-likeness (QED) is 0.901. The third kappa shape index (κ3) is 2.94. The van der Waals surface area contributed by atoms with Gasteiger partial charge in [-0.3, -0.25) is 9.97 Å². The van der Waals surface area contributed by atoms with Gasteiger partial charge < -0.3 is 5.32 Å². The van der Waals surface area contributed by atoms with Crippen LogP contribution in [0.2, 0.25) is 5.02 Å². The van der Waals surface area contributed by atoms with Crippen molar-refractivity contribution in [3.63, 3.8) is 0 Å². The summed E-state index contributed by atoms with van der Waals surface area (Å²) in [6, 6.07) is 5.91. The predicted octanol–water partition coefficient (Wildman–Crippen LogP) is 3.30. The Morgan fingerprint density at radius 3 is 2.94 bits per heavy atom. The summed E-state index contributed by atoms with van der Waals surface area (Å²) >= 11 is 6.02. The van der Waals surface area contributed by atoms with Crippen LogP contribution in [0.3, 0.4) is 0 Å². The number of aromatic nitrogens is 2. The molecular formula is C13H14ClN3. The number of halogens is 1. The minimum absolute atomic E-state index is 0.626. The Kier molecular flexibility index (Phi) is 3.94. The van der Waals surface area contributed by atoms with Crippen LogP contribution in [0.5, 0.6) is 0 Å². The molecule has 0 amide bonds. The van der Waals surface area contributed by atoms with Crippen molar-refractivity contribution in [3.05, 3.63) is 53.1 Å². The van der Waals surface area contributed by atoms with Gasteiger partial charge in [-0.1, -0.05) is 24.6 Å². The molecule has 17 heavy (non-hydrogen) atoms. The molecule has 2 rings (SSSR count). The van der Waals surface area contributed by atoms with Crippen LogP contribution < -0.4 is 5.32 Å². The lowest BCUT2D eigenvalue weighted by Crippen LogP contribution is -2.05. The van der Waals surface area contributed by atoms with Crippen LogP contribution >= 0.6 is 11.6 Å². The van der Waals surface area contributed by atoms with Crippen LogP contribution in [0.4, 0.5) is 5.69 Å². The van der Waals surface area contributed by atoms with Crippen molar-refractivity contribution < 1.29 is 0 Å². The largest absolute Gasteiger partial charge is 0.378 e. The molecule has 0 spiro atoms. The van der Waals surface area contributed by atoms with Crippen molar-refractivity contribution in [2.24, 2.45) is 0 Å². The van der Waals surface area contributed by atoms with E-state index in [2.05, 4.69) is 28.3 Å². The molecule has 0 atom stereocenters. The molecule has 0 aliphatic heterocycles. The highest BCUT2D eigenvalue weighted by molar-refractivity contribution is 6.33. The topological polar surface area (TPSA) is 37.8 Å². The minimum Gasteiger partial charge on any atom is -0.378 e. The maximum atomic E-state index is 6.02. The molecule has 0 fully saturated rings. The van der Waals surface area contributed by atoms with Crippen molar-refractivity contribution in [3.8, 4) is 0 Å². The molecule has 0 aromatic carbocycles. The molecule has 0 unspecified atom stereocenters. The van der Waals surface area contributed by atoms with E-state index in [0.29, 0.717) is 11.6 Å². The molecule has 2 aromatic heterocycles. The summed E-state index contributed by atoms with van der Waals surface area (Å²) in [7, 11) is 0. The first-order valence-electron chi connectivity index (χ1n) is 5.57. The van der Waals surface area contributed by atoms with Crippen molar-refractivity contribution >= 4 is 17.3 Å². The second-order valence-corrected chi connectivity index (χ2v) is 4.08. The fourth-order valence-corrected chi connectivity index (χ4v) is 1.84. The second-order valence-electron chi connectivity index (χ2n) is 3.67. The Labute approximate surface area is 106 Å². The summed E-state index contributed by atoms with van der Waals surface area (Å²) in [4.78, 5) is 8.32. The minimum atomic E-state index is 0.626. The molecular weight excluding hydrogens is 234 g/mol. The van der Waals surface area contributed by atoms with Gasteiger partial charge in [-0.2, -0.15) is 0 Å². The van der Waals surface area contributed by atoms with E-state index in [-0.39, 0.29) is 0 Å². The van der Waals surface area contributed by atoms with Crippen LogP contribution in [0, 0.1) is 0 Å². The van der Waals surface area contributed by atoms with Crippen molar-refractivity contribution in [2.75, 3.05) is 5.32 Å². The lowest BCUT2D eigenvalue weighted by atomic mass is 10.1. The van der Waals surface area contributed by atoms with E-state index < -0.39 is 0 Å². The maximum absolute atomic E-state index is 6.02. The zero-order valence-corrected chi connectivity index (χ0v) is 10.4. The summed E-state index contributed by atoms with van der Waals surface area (Å²) in [5, 5.41) is 3.90. The van der Waals surface area contributed by atoms with Gasteiger partial charge in [-0.05, 0) is 24.1 Å². The number of hydrogen-bond donors (Lipinski definition) is 1. The van der Waals surface area contributed by atoms with Gasteiger partial charge in [0, 0.05) is 18.6 Å². The highest BCUT2D eigenvalue weighted by Crippen LogP contribution is 2.20. The molecule has 0 aliphatic rings. The molecule has 3 nitrogen and oxygen atoms in total. The average molecular weight is 248 g/mol. The highest BCUT2D eigenvalue weighted by atomic mass is 35.5. The number of nitrogens with zero attached hydrogens (tertiary/aromatic N) is 2. The van der Waals surface area contributed by atoms with E-state index in [0.717, 1.165) is 17.8 Å². The van der Waals surface area contributed by atoms with Gasteiger partial charge in [0.15, 0.2) is 0 Å². The summed E-state index contributed by atoms with van der Waals surface area (Å²) < 4.78 is 0. The molecule has 0 saturated heterocycles. The third-order valence-corrected chi connectivity index (χ3v) is 2.89. The number of pyridine rings is 2. The van der Waals surface area contributed by atoms with Crippen molar-refractivity contribution in [1.82, 2.24) is 9.97 Å². The number of nitrogens with one attached hydrogen (secondary N) is 1. The lowest BCUT2D eigenvalue weighted by Gasteiger charge is -2.10. The number of anilines is 1. The maximum Gasteiger partial charge on any atom is 0.0820 e. The van der Waals surface area contributed by atoms with Crippen LogP contribution in [0.25, 0.3) is 0 Å². The Balaban J connectivity index is 2.10. The second kappa shape index (κ2) is 5.64. The highest BCUT2D eigenvalue weighted by Gasteiger charge is 2.03. The molecule has 2 aromatic rings. The fourth-order valence-electron chi connectivity index (χ4n) is 1.65. The van der Waals surface area contributed by atoms with E-state index in [1.807, 2.05) is 18.3 Å². The fraction of sp³-hybridized carbons (Fsp3) is 0.231. The molecule has 1 N–H and O–H groups in total. The van der Waals surface area contributed by atoms with Crippen LogP contribution in [0.15, 0.2) is 36.8 Å². The van der Waals surface area contributed by atoms with Crippen molar-refractivity contribution in [2.45, 2.75) is 19.9 Å². The summed E-state index contributed by atoms with van der Waals surface area (Å²) in [6.07, 6.45) is 6.13. The predicted molar refractivity (Wildman–Crippen MR) is 70.2 cm³/mol. The summed E-state index contributed by atoms with van der Waals surface area (Å²) in [5.41, 5.74) is 3.20. The van der Waals surface area contributed by atoms with Crippen LogP contribution in [-0.4, -0.2) is 9.97 Å². The van der Waals surface area contributed by atoms with Gasteiger partial charge in [-0.15, -0.1) is 0 Å². The smallest absolute Gasteiger partial charge is 0.0820 e. The Morgan fingerprint density at radius 2 is 2.18 bits per heavy atom.